The molecule has 7 rings (SSSR count). The average molecular weight is 616 g/mol. The highest BCUT2D eigenvalue weighted by atomic mass is 16.6. The molecule has 0 radical (unpaired) electrons. The number of carbonyl (C=O) groups is 2. The van der Waals surface area contributed by atoms with E-state index in [1.54, 1.807) is 23.0 Å². The molecule has 0 aromatic carbocycles. The molecule has 3 saturated heterocycles. The Morgan fingerprint density at radius 1 is 1.04 bits per heavy atom. The van der Waals surface area contributed by atoms with Crippen molar-refractivity contribution in [3.8, 4) is 11.3 Å². The number of morpholine rings is 1. The maximum Gasteiger partial charge on any atom is 0.410 e. The predicted molar refractivity (Wildman–Crippen MR) is 166 cm³/mol. The van der Waals surface area contributed by atoms with Crippen molar-refractivity contribution in [3.05, 3.63) is 42.2 Å². The van der Waals surface area contributed by atoms with E-state index >= 15 is 0 Å². The third-order valence-electron chi connectivity index (χ3n) is 8.35. The summed E-state index contributed by atoms with van der Waals surface area (Å²) in [5.41, 5.74) is 1.72. The lowest BCUT2D eigenvalue weighted by molar-refractivity contribution is 0.00221. The normalized spacial score (nSPS) is 18.0. The van der Waals surface area contributed by atoms with Gasteiger partial charge in [-0.1, -0.05) is 6.07 Å². The maximum absolute atomic E-state index is 13.9. The predicted octanol–water partition coefficient (Wildman–Crippen LogP) is 3.70. The van der Waals surface area contributed by atoms with E-state index in [-0.39, 0.29) is 17.5 Å². The number of aromatic nitrogens is 5. The quantitative estimate of drug-likeness (QED) is 0.351. The fourth-order valence-electron chi connectivity index (χ4n) is 6.23. The minimum Gasteiger partial charge on any atom is -0.444 e. The minimum absolute atomic E-state index is 0.313. The third-order valence-corrected chi connectivity index (χ3v) is 8.35. The number of anilines is 3. The SMILES string of the molecule is Cn1cc(-c2cccc(NC(=O)c3cc4oc(N5CCOCC5)nc4nc3N3CC4(CCCN4C(=O)OC(C)(C)C)C3)n2)cn1. The van der Waals surface area contributed by atoms with Crippen molar-refractivity contribution < 1.29 is 23.5 Å². The summed E-state index contributed by atoms with van der Waals surface area (Å²) in [6.45, 7) is 9.76. The number of fused-ring (bicyclic) bond motifs is 1. The monoisotopic (exact) mass is 615 g/mol. The molecule has 1 spiro atoms. The smallest absolute Gasteiger partial charge is 0.410 e. The van der Waals surface area contributed by atoms with E-state index in [0.29, 0.717) is 86.1 Å². The van der Waals surface area contributed by atoms with E-state index in [4.69, 9.17) is 18.9 Å². The molecule has 0 unspecified atom stereocenters. The van der Waals surface area contributed by atoms with Crippen LogP contribution in [-0.4, -0.2) is 98.7 Å². The van der Waals surface area contributed by atoms with E-state index in [9.17, 15) is 9.59 Å². The molecular weight excluding hydrogens is 578 g/mol. The number of carbonyl (C=O) groups excluding carboxylic acids is 2. The molecule has 14 nitrogen and oxygen atoms in total. The van der Waals surface area contributed by atoms with Gasteiger partial charge >= 0.3 is 6.09 Å². The van der Waals surface area contributed by atoms with E-state index in [2.05, 4.69) is 20.4 Å². The van der Waals surface area contributed by atoms with Crippen LogP contribution in [0, 0.1) is 0 Å². The molecular formula is C31H37N9O5. The topological polar surface area (TPSA) is 144 Å². The molecule has 0 aliphatic carbocycles. The third kappa shape index (κ3) is 5.65. The Kier molecular flexibility index (Phi) is 7.10. The summed E-state index contributed by atoms with van der Waals surface area (Å²) in [6, 6.07) is 7.58. The largest absolute Gasteiger partial charge is 0.444 e. The standard InChI is InChI=1S/C31H37N9O5/c1-30(2,3)45-29(42)40-10-6-9-31(40)18-39(19-31)26-21(15-23-25(35-26)36-28(44-23)38-11-13-43-14-12-38)27(41)34-24-8-5-7-22(33-24)20-16-32-37(4)17-20/h5,7-8,15-17H,6,9-14,18-19H2,1-4H3,(H,33,34,41). The number of ether oxygens (including phenoxy) is 2. The number of amides is 2. The van der Waals surface area contributed by atoms with Crippen LogP contribution in [0.15, 0.2) is 41.1 Å². The van der Waals surface area contributed by atoms with Gasteiger partial charge in [0.2, 0.25) is 5.65 Å². The van der Waals surface area contributed by atoms with E-state index in [1.807, 2.05) is 60.8 Å². The zero-order chi connectivity index (χ0) is 31.3. The number of rotatable bonds is 5. The average Bonchev–Trinajstić information content (AvgIpc) is 3.73. The Balaban J connectivity index is 1.19. The van der Waals surface area contributed by atoms with Crippen LogP contribution < -0.4 is 15.1 Å². The number of likely N-dealkylation sites (tertiary alicyclic amines) is 1. The number of nitrogens with one attached hydrogen (secondary N) is 1. The first-order valence-corrected chi connectivity index (χ1v) is 15.2. The van der Waals surface area contributed by atoms with Gasteiger partial charge in [-0.25, -0.2) is 14.8 Å². The van der Waals surface area contributed by atoms with Crippen LogP contribution in [0.25, 0.3) is 22.5 Å². The van der Waals surface area contributed by atoms with Gasteiger partial charge in [-0.05, 0) is 45.7 Å². The molecule has 1 N–H and O–H groups in total. The summed E-state index contributed by atoms with van der Waals surface area (Å²) in [5.74, 6) is 0.494. The molecule has 3 fully saturated rings. The van der Waals surface area contributed by atoms with Gasteiger partial charge in [-0.3, -0.25) is 14.4 Å². The van der Waals surface area contributed by atoms with Gasteiger partial charge in [0, 0.05) is 57.6 Å². The molecule has 0 bridgehead atoms. The van der Waals surface area contributed by atoms with Crippen LogP contribution in [-0.2, 0) is 16.5 Å². The van der Waals surface area contributed by atoms with Crippen molar-refractivity contribution in [1.82, 2.24) is 29.6 Å². The number of nitrogens with zero attached hydrogens (tertiary/aromatic N) is 8. The highest BCUT2D eigenvalue weighted by Crippen LogP contribution is 2.42. The lowest BCUT2D eigenvalue weighted by Crippen LogP contribution is -2.69. The van der Waals surface area contributed by atoms with Gasteiger partial charge in [0.1, 0.15) is 17.2 Å². The van der Waals surface area contributed by atoms with Crippen LogP contribution >= 0.6 is 0 Å². The number of hydrogen-bond acceptors (Lipinski definition) is 11. The molecule has 2 amide bonds. The number of aryl methyl sites for hydroxylation is 1. The Morgan fingerprint density at radius 2 is 1.84 bits per heavy atom. The first-order valence-electron chi connectivity index (χ1n) is 15.2. The molecule has 7 heterocycles. The summed E-state index contributed by atoms with van der Waals surface area (Å²) in [4.78, 5) is 47.1. The summed E-state index contributed by atoms with van der Waals surface area (Å²) < 4.78 is 19.0. The zero-order valence-electron chi connectivity index (χ0n) is 25.9. The van der Waals surface area contributed by atoms with E-state index < -0.39 is 5.60 Å². The number of oxazole rings is 1. The molecule has 4 aromatic rings. The lowest BCUT2D eigenvalue weighted by atomic mass is 9.86. The van der Waals surface area contributed by atoms with Gasteiger partial charge in [0.25, 0.3) is 11.9 Å². The zero-order valence-corrected chi connectivity index (χ0v) is 25.9. The number of pyridine rings is 2. The van der Waals surface area contributed by atoms with Crippen molar-refractivity contribution >= 4 is 40.9 Å². The fraction of sp³-hybridized carbons (Fsp3) is 0.484. The van der Waals surface area contributed by atoms with Crippen molar-refractivity contribution in [2.45, 2.75) is 44.8 Å². The Labute approximate surface area is 260 Å². The number of hydrogen-bond donors (Lipinski definition) is 1. The van der Waals surface area contributed by atoms with E-state index in [1.165, 1.54) is 0 Å². The summed E-state index contributed by atoms with van der Waals surface area (Å²) >= 11 is 0. The van der Waals surface area contributed by atoms with Gasteiger partial charge in [0.05, 0.1) is 36.2 Å². The van der Waals surface area contributed by atoms with E-state index in [0.717, 1.165) is 18.4 Å². The fourth-order valence-corrected chi connectivity index (χ4v) is 6.23. The second-order valence-corrected chi connectivity index (χ2v) is 12.9. The lowest BCUT2D eigenvalue weighted by Gasteiger charge is -2.53. The second-order valence-electron chi connectivity index (χ2n) is 12.9. The van der Waals surface area contributed by atoms with Crippen LogP contribution in [0.4, 0.5) is 22.4 Å². The molecule has 3 aliphatic heterocycles. The van der Waals surface area contributed by atoms with Crippen LogP contribution in [0.3, 0.4) is 0 Å². The molecule has 236 valence electrons. The molecule has 14 heteroatoms. The minimum atomic E-state index is -0.588. The van der Waals surface area contributed by atoms with Crippen molar-refractivity contribution in [2.75, 3.05) is 61.1 Å². The molecule has 0 saturated carbocycles. The Hall–Kier alpha value is -4.72. The first-order chi connectivity index (χ1) is 21.6. The molecule has 45 heavy (non-hydrogen) atoms. The van der Waals surface area contributed by atoms with Crippen LogP contribution in [0.5, 0.6) is 0 Å². The van der Waals surface area contributed by atoms with Crippen molar-refractivity contribution in [1.29, 1.82) is 0 Å². The summed E-state index contributed by atoms with van der Waals surface area (Å²) in [7, 11) is 1.84. The highest BCUT2D eigenvalue weighted by molar-refractivity contribution is 6.09. The van der Waals surface area contributed by atoms with Crippen molar-refractivity contribution in [3.63, 3.8) is 0 Å². The molecule has 4 aromatic heterocycles. The Morgan fingerprint density at radius 3 is 2.58 bits per heavy atom. The molecule has 0 atom stereocenters. The second kappa shape index (κ2) is 11.0. The van der Waals surface area contributed by atoms with Crippen molar-refractivity contribution in [2.24, 2.45) is 7.05 Å². The highest BCUT2D eigenvalue weighted by Gasteiger charge is 2.54. The Bertz CT molecular complexity index is 1750. The van der Waals surface area contributed by atoms with Gasteiger partial charge in [0.15, 0.2) is 5.58 Å². The first kappa shape index (κ1) is 29.0. The molecule has 3 aliphatic rings. The van der Waals surface area contributed by atoms with Crippen LogP contribution in [0.1, 0.15) is 44.0 Å². The maximum atomic E-state index is 13.9. The summed E-state index contributed by atoms with van der Waals surface area (Å²) in [5, 5.41) is 7.17. The van der Waals surface area contributed by atoms with Crippen LogP contribution in [0.2, 0.25) is 0 Å². The van der Waals surface area contributed by atoms with Gasteiger partial charge in [-0.15, -0.1) is 0 Å². The van der Waals surface area contributed by atoms with Gasteiger partial charge < -0.3 is 29.0 Å². The van der Waals surface area contributed by atoms with Gasteiger partial charge in [-0.2, -0.15) is 10.1 Å². The summed E-state index contributed by atoms with van der Waals surface area (Å²) in [6.07, 6.45) is 5.01.